The second-order valence-electron chi connectivity index (χ2n) is 4.46. The monoisotopic (exact) mass is 249 g/mol. The van der Waals surface area contributed by atoms with E-state index in [-0.39, 0.29) is 5.97 Å². The summed E-state index contributed by atoms with van der Waals surface area (Å²) in [6, 6.07) is 8.58. The quantitative estimate of drug-likeness (QED) is 0.696. The molecule has 0 fully saturated rings. The first-order chi connectivity index (χ1) is 8.69. The Morgan fingerprint density at radius 1 is 1.17 bits per heavy atom. The molecule has 0 atom stereocenters. The lowest BCUT2D eigenvalue weighted by Crippen LogP contribution is -2.30. The molecular weight excluding hydrogens is 226 g/mol. The lowest BCUT2D eigenvalue weighted by atomic mass is 10.1. The van der Waals surface area contributed by atoms with Gasteiger partial charge in [0.2, 0.25) is 0 Å². The second-order valence-corrected chi connectivity index (χ2v) is 4.46. The highest BCUT2D eigenvalue weighted by Crippen LogP contribution is 2.08. The van der Waals surface area contributed by atoms with Gasteiger partial charge in [-0.2, -0.15) is 0 Å². The zero-order valence-corrected chi connectivity index (χ0v) is 11.6. The number of aryl methyl sites for hydroxylation is 1. The van der Waals surface area contributed by atoms with Crippen LogP contribution < -0.4 is 0 Å². The molecule has 0 aliphatic carbocycles. The molecule has 1 aromatic rings. The van der Waals surface area contributed by atoms with Crippen molar-refractivity contribution in [2.45, 2.75) is 33.2 Å². The highest BCUT2D eigenvalue weighted by Gasteiger charge is 2.10. The van der Waals surface area contributed by atoms with Gasteiger partial charge < -0.3 is 4.74 Å². The lowest BCUT2D eigenvalue weighted by Gasteiger charge is -2.20. The van der Waals surface area contributed by atoms with Gasteiger partial charge in [-0.1, -0.05) is 38.1 Å². The fourth-order valence-electron chi connectivity index (χ4n) is 1.92. The number of esters is 1. The summed E-state index contributed by atoms with van der Waals surface area (Å²) in [4.78, 5) is 13.4. The molecule has 0 spiro atoms. The van der Waals surface area contributed by atoms with Gasteiger partial charge in [-0.25, -0.2) is 0 Å². The van der Waals surface area contributed by atoms with Gasteiger partial charge in [0.15, 0.2) is 0 Å². The summed E-state index contributed by atoms with van der Waals surface area (Å²) >= 11 is 0. The Hall–Kier alpha value is -1.35. The Bertz CT molecular complexity index is 359. The summed E-state index contributed by atoms with van der Waals surface area (Å²) in [6.45, 7) is 6.33. The molecule has 0 aliphatic rings. The van der Waals surface area contributed by atoms with Crippen LogP contribution in [0, 0.1) is 0 Å². The van der Waals surface area contributed by atoms with E-state index in [9.17, 15) is 4.79 Å². The number of nitrogens with zero attached hydrogens (tertiary/aromatic N) is 1. The van der Waals surface area contributed by atoms with Crippen LogP contribution in [0.1, 0.15) is 31.4 Å². The molecule has 3 nitrogen and oxygen atoms in total. The predicted molar refractivity (Wildman–Crippen MR) is 73.4 cm³/mol. The second kappa shape index (κ2) is 7.88. The maximum atomic E-state index is 11.3. The van der Waals surface area contributed by atoms with E-state index in [0.29, 0.717) is 6.54 Å². The molecule has 18 heavy (non-hydrogen) atoms. The first kappa shape index (κ1) is 14.7. The molecule has 0 radical (unpaired) electrons. The summed E-state index contributed by atoms with van der Waals surface area (Å²) in [5, 5.41) is 0. The van der Waals surface area contributed by atoms with Crippen molar-refractivity contribution in [3.05, 3.63) is 35.4 Å². The molecule has 0 bridgehead atoms. The van der Waals surface area contributed by atoms with Crippen molar-refractivity contribution in [2.24, 2.45) is 0 Å². The fraction of sp³-hybridized carbons (Fsp3) is 0.533. The van der Waals surface area contributed by atoms with Crippen molar-refractivity contribution in [1.82, 2.24) is 4.90 Å². The van der Waals surface area contributed by atoms with Gasteiger partial charge in [0.1, 0.15) is 0 Å². The highest BCUT2D eigenvalue weighted by molar-refractivity contribution is 5.71. The molecule has 0 saturated heterocycles. The van der Waals surface area contributed by atoms with Gasteiger partial charge in [0, 0.05) is 6.54 Å². The predicted octanol–water partition coefficient (Wildman–Crippen LogP) is 2.63. The fourth-order valence-corrected chi connectivity index (χ4v) is 1.92. The normalized spacial score (nSPS) is 10.7. The number of rotatable bonds is 7. The van der Waals surface area contributed by atoms with Gasteiger partial charge in [0.25, 0.3) is 0 Å². The van der Waals surface area contributed by atoms with Crippen LogP contribution in [0.25, 0.3) is 0 Å². The molecule has 100 valence electrons. The Morgan fingerprint density at radius 2 is 1.78 bits per heavy atom. The number of hydrogen-bond donors (Lipinski definition) is 0. The van der Waals surface area contributed by atoms with Crippen molar-refractivity contribution in [1.29, 1.82) is 0 Å². The summed E-state index contributed by atoms with van der Waals surface area (Å²) < 4.78 is 4.72. The maximum absolute atomic E-state index is 11.3. The number of carbonyl (C=O) groups excluding carboxylic acids is 1. The minimum absolute atomic E-state index is 0.173. The zero-order valence-electron chi connectivity index (χ0n) is 11.6. The molecule has 0 heterocycles. The summed E-state index contributed by atoms with van der Waals surface area (Å²) in [5.74, 6) is -0.173. The van der Waals surface area contributed by atoms with Crippen molar-refractivity contribution in [3.63, 3.8) is 0 Å². The smallest absolute Gasteiger partial charge is 0.319 e. The highest BCUT2D eigenvalue weighted by atomic mass is 16.5. The van der Waals surface area contributed by atoms with E-state index in [2.05, 4.69) is 43.0 Å². The van der Waals surface area contributed by atoms with E-state index < -0.39 is 0 Å². The van der Waals surface area contributed by atoms with E-state index >= 15 is 0 Å². The van der Waals surface area contributed by atoms with Crippen LogP contribution in [0.2, 0.25) is 0 Å². The van der Waals surface area contributed by atoms with Crippen LogP contribution in [0.3, 0.4) is 0 Å². The summed E-state index contributed by atoms with van der Waals surface area (Å²) in [6.07, 6.45) is 2.09. The lowest BCUT2D eigenvalue weighted by molar-refractivity contribution is -0.142. The van der Waals surface area contributed by atoms with E-state index in [1.807, 2.05) is 0 Å². The first-order valence-electron chi connectivity index (χ1n) is 6.56. The number of ether oxygens (including phenoxy) is 1. The number of methoxy groups -OCH3 is 1. The average Bonchev–Trinajstić information content (AvgIpc) is 2.39. The Labute approximate surface area is 110 Å². The number of benzene rings is 1. The van der Waals surface area contributed by atoms with Crippen LogP contribution in [0.4, 0.5) is 0 Å². The van der Waals surface area contributed by atoms with Crippen molar-refractivity contribution in [3.8, 4) is 0 Å². The minimum atomic E-state index is -0.173. The van der Waals surface area contributed by atoms with Crippen LogP contribution in [-0.4, -0.2) is 31.1 Å². The number of hydrogen-bond acceptors (Lipinski definition) is 3. The van der Waals surface area contributed by atoms with Gasteiger partial charge in [-0.15, -0.1) is 0 Å². The van der Waals surface area contributed by atoms with E-state index in [0.717, 1.165) is 25.9 Å². The summed E-state index contributed by atoms with van der Waals surface area (Å²) in [5.41, 5.74) is 2.58. The molecule has 0 aliphatic heterocycles. The van der Waals surface area contributed by atoms with Gasteiger partial charge in [-0.05, 0) is 30.5 Å². The van der Waals surface area contributed by atoms with Crippen molar-refractivity contribution >= 4 is 5.97 Å². The minimum Gasteiger partial charge on any atom is -0.468 e. The molecule has 0 unspecified atom stereocenters. The van der Waals surface area contributed by atoms with Gasteiger partial charge in [0.05, 0.1) is 13.7 Å². The third kappa shape index (κ3) is 4.88. The van der Waals surface area contributed by atoms with Gasteiger partial charge in [-0.3, -0.25) is 9.69 Å². The van der Waals surface area contributed by atoms with Crippen LogP contribution in [0.15, 0.2) is 24.3 Å². The molecule has 0 amide bonds. The SMILES string of the molecule is CCCN(CC(=O)OC)Cc1ccc(CC)cc1. The van der Waals surface area contributed by atoms with Gasteiger partial charge >= 0.3 is 5.97 Å². The van der Waals surface area contributed by atoms with Crippen LogP contribution >= 0.6 is 0 Å². The molecular formula is C15H23NO2. The van der Waals surface area contributed by atoms with Crippen LogP contribution in [-0.2, 0) is 22.5 Å². The Kier molecular flexibility index (Phi) is 6.44. The molecule has 0 N–H and O–H groups in total. The summed E-state index contributed by atoms with van der Waals surface area (Å²) in [7, 11) is 1.43. The molecule has 0 saturated carbocycles. The first-order valence-corrected chi connectivity index (χ1v) is 6.56. The Balaban J connectivity index is 2.60. The topological polar surface area (TPSA) is 29.5 Å². The zero-order chi connectivity index (χ0) is 13.4. The molecule has 1 aromatic carbocycles. The van der Waals surface area contributed by atoms with Crippen molar-refractivity contribution < 1.29 is 9.53 Å². The average molecular weight is 249 g/mol. The molecule has 1 rings (SSSR count). The van der Waals surface area contributed by atoms with Crippen LogP contribution in [0.5, 0.6) is 0 Å². The standard InChI is InChI=1S/C15H23NO2/c1-4-10-16(12-15(17)18-3)11-14-8-6-13(5-2)7-9-14/h6-9H,4-5,10-12H2,1-3H3. The van der Waals surface area contributed by atoms with E-state index in [1.165, 1.54) is 18.2 Å². The molecule has 3 heteroatoms. The van der Waals surface area contributed by atoms with E-state index in [4.69, 9.17) is 4.74 Å². The third-order valence-electron chi connectivity index (χ3n) is 2.96. The maximum Gasteiger partial charge on any atom is 0.319 e. The number of carbonyl (C=O) groups is 1. The van der Waals surface area contributed by atoms with E-state index in [1.54, 1.807) is 0 Å². The molecule has 0 aromatic heterocycles. The largest absolute Gasteiger partial charge is 0.468 e. The van der Waals surface area contributed by atoms with Crippen molar-refractivity contribution in [2.75, 3.05) is 20.2 Å². The Morgan fingerprint density at radius 3 is 2.28 bits per heavy atom. The third-order valence-corrected chi connectivity index (χ3v) is 2.96.